The maximum atomic E-state index is 12.2. The van der Waals surface area contributed by atoms with Crippen LogP contribution in [0.5, 0.6) is 0 Å². The van der Waals surface area contributed by atoms with Gasteiger partial charge in [-0.05, 0) is 18.1 Å². The third kappa shape index (κ3) is 4.72. The fourth-order valence-corrected chi connectivity index (χ4v) is 4.07. The lowest BCUT2D eigenvalue weighted by atomic mass is 10.1. The molecule has 2 aliphatic rings. The third-order valence-corrected chi connectivity index (χ3v) is 5.53. The molecule has 2 N–H and O–H groups in total. The Morgan fingerprint density at radius 1 is 1.21 bits per heavy atom. The fourth-order valence-electron chi connectivity index (χ4n) is 2.85. The van der Waals surface area contributed by atoms with Gasteiger partial charge in [-0.15, -0.1) is 11.8 Å². The molecular weight excluding hydrogens is 326 g/mol. The Bertz CT molecular complexity index is 565. The highest BCUT2D eigenvalue weighted by atomic mass is 32.2. The number of rotatable bonds is 6. The van der Waals surface area contributed by atoms with Crippen LogP contribution in [0.15, 0.2) is 29.2 Å². The third-order valence-electron chi connectivity index (χ3n) is 4.22. The molecule has 2 aliphatic heterocycles. The first-order chi connectivity index (χ1) is 11.7. The minimum absolute atomic E-state index is 0.0371. The van der Waals surface area contributed by atoms with Crippen LogP contribution in [-0.4, -0.2) is 67.9 Å². The van der Waals surface area contributed by atoms with Crippen molar-refractivity contribution in [3.63, 3.8) is 0 Å². The number of carbonyl (C=O) groups excluding carboxylic acids is 2. The Labute approximate surface area is 146 Å². The van der Waals surface area contributed by atoms with Crippen LogP contribution in [0.3, 0.4) is 0 Å². The monoisotopic (exact) mass is 349 g/mol. The summed E-state index contributed by atoms with van der Waals surface area (Å²) in [5.74, 6) is -0.211. The quantitative estimate of drug-likeness (QED) is 0.771. The standard InChI is InChI=1S/C17H23N3O3S/c21-16(18-5-6-20-7-9-23-10-8-20)12-19-17(22)15-11-13-3-1-2-4-14(13)24-15/h1-4,15H,5-12H2,(H,18,21)(H,19,22). The van der Waals surface area contributed by atoms with E-state index >= 15 is 0 Å². The molecule has 0 spiro atoms. The predicted octanol–water partition coefficient (Wildman–Crippen LogP) is 0.268. The summed E-state index contributed by atoms with van der Waals surface area (Å²) in [6, 6.07) is 8.05. The number of nitrogens with one attached hydrogen (secondary N) is 2. The van der Waals surface area contributed by atoms with Crippen molar-refractivity contribution < 1.29 is 14.3 Å². The molecule has 1 aromatic rings. The average Bonchev–Trinajstić information content (AvgIpc) is 3.05. The van der Waals surface area contributed by atoms with Crippen molar-refractivity contribution in [3.8, 4) is 0 Å². The first-order valence-corrected chi connectivity index (χ1v) is 9.19. The Hall–Kier alpha value is -1.57. The lowest BCUT2D eigenvalue weighted by Gasteiger charge is -2.26. The summed E-state index contributed by atoms with van der Waals surface area (Å²) >= 11 is 1.57. The van der Waals surface area contributed by atoms with E-state index in [1.165, 1.54) is 5.56 Å². The van der Waals surface area contributed by atoms with Crippen LogP contribution in [0.2, 0.25) is 0 Å². The highest BCUT2D eigenvalue weighted by Crippen LogP contribution is 2.36. The molecule has 1 atom stereocenters. The first-order valence-electron chi connectivity index (χ1n) is 8.31. The molecule has 1 unspecified atom stereocenters. The van der Waals surface area contributed by atoms with E-state index in [9.17, 15) is 9.59 Å². The van der Waals surface area contributed by atoms with Gasteiger partial charge in [-0.3, -0.25) is 14.5 Å². The largest absolute Gasteiger partial charge is 0.379 e. The summed E-state index contributed by atoms with van der Waals surface area (Å²) < 4.78 is 5.29. The maximum absolute atomic E-state index is 12.2. The number of thioether (sulfide) groups is 1. The summed E-state index contributed by atoms with van der Waals surface area (Å²) in [4.78, 5) is 27.5. The molecule has 1 saturated heterocycles. The predicted molar refractivity (Wildman–Crippen MR) is 93.1 cm³/mol. The van der Waals surface area contributed by atoms with Gasteiger partial charge in [0.25, 0.3) is 0 Å². The molecule has 2 heterocycles. The first kappa shape index (κ1) is 17.3. The highest BCUT2D eigenvalue weighted by molar-refractivity contribution is 8.01. The van der Waals surface area contributed by atoms with E-state index in [0.717, 1.165) is 44.2 Å². The van der Waals surface area contributed by atoms with Gasteiger partial charge in [-0.1, -0.05) is 18.2 Å². The van der Waals surface area contributed by atoms with Crippen LogP contribution in [0, 0.1) is 0 Å². The van der Waals surface area contributed by atoms with Crippen molar-refractivity contribution in [3.05, 3.63) is 29.8 Å². The molecular formula is C17H23N3O3S. The second-order valence-electron chi connectivity index (χ2n) is 5.94. The molecule has 1 aromatic carbocycles. The zero-order chi connectivity index (χ0) is 16.8. The molecule has 24 heavy (non-hydrogen) atoms. The molecule has 0 saturated carbocycles. The average molecular weight is 349 g/mol. The number of morpholine rings is 1. The zero-order valence-electron chi connectivity index (χ0n) is 13.6. The fraction of sp³-hybridized carbons (Fsp3) is 0.529. The van der Waals surface area contributed by atoms with Gasteiger partial charge in [0.1, 0.15) is 0 Å². The topological polar surface area (TPSA) is 70.7 Å². The number of hydrogen-bond donors (Lipinski definition) is 2. The number of hydrogen-bond acceptors (Lipinski definition) is 5. The summed E-state index contributed by atoms with van der Waals surface area (Å²) in [6.07, 6.45) is 0.728. The summed E-state index contributed by atoms with van der Waals surface area (Å²) in [6.45, 7) is 4.78. The van der Waals surface area contributed by atoms with E-state index in [0.29, 0.717) is 6.54 Å². The van der Waals surface area contributed by atoms with Crippen LogP contribution in [0.1, 0.15) is 5.56 Å². The molecule has 130 valence electrons. The molecule has 0 radical (unpaired) electrons. The van der Waals surface area contributed by atoms with Gasteiger partial charge in [0.2, 0.25) is 11.8 Å². The molecule has 0 aliphatic carbocycles. The van der Waals surface area contributed by atoms with Gasteiger partial charge in [0, 0.05) is 31.1 Å². The minimum atomic E-state index is -0.142. The summed E-state index contributed by atoms with van der Waals surface area (Å²) in [5, 5.41) is 5.46. The maximum Gasteiger partial charge on any atom is 0.239 e. The number of carbonyl (C=O) groups is 2. The van der Waals surface area contributed by atoms with Gasteiger partial charge in [-0.25, -0.2) is 0 Å². The van der Waals surface area contributed by atoms with Crippen LogP contribution in [-0.2, 0) is 20.7 Å². The van der Waals surface area contributed by atoms with Crippen LogP contribution < -0.4 is 10.6 Å². The van der Waals surface area contributed by atoms with E-state index in [2.05, 4.69) is 15.5 Å². The van der Waals surface area contributed by atoms with E-state index in [4.69, 9.17) is 4.74 Å². The van der Waals surface area contributed by atoms with Gasteiger partial charge in [0.15, 0.2) is 0 Å². The van der Waals surface area contributed by atoms with Crippen LogP contribution in [0.25, 0.3) is 0 Å². The Balaban J connectivity index is 1.32. The summed E-state index contributed by atoms with van der Waals surface area (Å²) in [7, 11) is 0. The van der Waals surface area contributed by atoms with E-state index < -0.39 is 0 Å². The van der Waals surface area contributed by atoms with Crippen molar-refractivity contribution in [2.45, 2.75) is 16.6 Å². The van der Waals surface area contributed by atoms with Gasteiger partial charge in [0.05, 0.1) is 25.0 Å². The lowest BCUT2D eigenvalue weighted by Crippen LogP contribution is -2.44. The molecule has 7 heteroatoms. The number of nitrogens with zero attached hydrogens (tertiary/aromatic N) is 1. The molecule has 3 rings (SSSR count). The second-order valence-corrected chi connectivity index (χ2v) is 7.18. The SMILES string of the molecule is O=C(CNC(=O)C1Cc2ccccc2S1)NCCN1CCOCC1. The Morgan fingerprint density at radius 2 is 2.00 bits per heavy atom. The van der Waals surface area contributed by atoms with Crippen molar-refractivity contribution in [1.82, 2.24) is 15.5 Å². The van der Waals surface area contributed by atoms with E-state index in [1.54, 1.807) is 11.8 Å². The van der Waals surface area contributed by atoms with E-state index in [-0.39, 0.29) is 23.6 Å². The van der Waals surface area contributed by atoms with Crippen molar-refractivity contribution >= 4 is 23.6 Å². The zero-order valence-corrected chi connectivity index (χ0v) is 14.4. The van der Waals surface area contributed by atoms with Gasteiger partial charge >= 0.3 is 0 Å². The summed E-state index contributed by atoms with van der Waals surface area (Å²) in [5.41, 5.74) is 1.21. The minimum Gasteiger partial charge on any atom is -0.379 e. The van der Waals surface area contributed by atoms with Gasteiger partial charge < -0.3 is 15.4 Å². The van der Waals surface area contributed by atoms with Crippen LogP contribution >= 0.6 is 11.8 Å². The number of amides is 2. The molecule has 1 fully saturated rings. The molecule has 6 nitrogen and oxygen atoms in total. The van der Waals surface area contributed by atoms with E-state index in [1.807, 2.05) is 24.3 Å². The lowest BCUT2D eigenvalue weighted by molar-refractivity contribution is -0.125. The van der Waals surface area contributed by atoms with Gasteiger partial charge in [-0.2, -0.15) is 0 Å². The van der Waals surface area contributed by atoms with Crippen LogP contribution in [0.4, 0.5) is 0 Å². The smallest absolute Gasteiger partial charge is 0.239 e. The Kier molecular flexibility index (Phi) is 6.12. The molecule has 2 amide bonds. The highest BCUT2D eigenvalue weighted by Gasteiger charge is 2.27. The molecule has 0 bridgehead atoms. The normalized spacial score (nSPS) is 20.4. The number of benzene rings is 1. The Morgan fingerprint density at radius 3 is 2.79 bits per heavy atom. The number of fused-ring (bicyclic) bond motifs is 1. The number of ether oxygens (including phenoxy) is 1. The molecule has 0 aromatic heterocycles. The van der Waals surface area contributed by atoms with Crippen molar-refractivity contribution in [1.29, 1.82) is 0 Å². The van der Waals surface area contributed by atoms with Crippen molar-refractivity contribution in [2.24, 2.45) is 0 Å². The second kappa shape index (κ2) is 8.50. The van der Waals surface area contributed by atoms with Crippen molar-refractivity contribution in [2.75, 3.05) is 45.9 Å².